The first-order valence-corrected chi connectivity index (χ1v) is 7.65. The van der Waals surface area contributed by atoms with Crippen molar-refractivity contribution in [2.45, 2.75) is 0 Å². The van der Waals surface area contributed by atoms with Gasteiger partial charge in [-0.2, -0.15) is 5.26 Å². The standard InChI is InChI=1S/C18H16N4O3/c1-25-14-5-3-2-4-12(14)15-11(10-19)6-7-13(23)16(15)17(24)22-18-20-8-9-21-18/h2-7,23H,8-9H2,1H3,(H2,20,21,22,24). The van der Waals surface area contributed by atoms with E-state index in [1.807, 2.05) is 0 Å². The summed E-state index contributed by atoms with van der Waals surface area (Å²) < 4.78 is 5.35. The summed E-state index contributed by atoms with van der Waals surface area (Å²) in [4.78, 5) is 16.9. The van der Waals surface area contributed by atoms with Gasteiger partial charge in [0.25, 0.3) is 5.91 Å². The second kappa shape index (κ2) is 6.93. The summed E-state index contributed by atoms with van der Waals surface area (Å²) in [5.74, 6) is 0.0624. The number of aromatic hydroxyl groups is 1. The number of rotatable bonds is 3. The third-order valence-corrected chi connectivity index (χ3v) is 3.81. The number of phenolic OH excluding ortho intramolecular Hbond substituents is 1. The maximum Gasteiger partial charge on any atom is 0.262 e. The minimum Gasteiger partial charge on any atom is -0.507 e. The van der Waals surface area contributed by atoms with Gasteiger partial charge in [0, 0.05) is 17.7 Å². The molecule has 0 atom stereocenters. The smallest absolute Gasteiger partial charge is 0.262 e. The number of nitrogens with zero attached hydrogens (tertiary/aromatic N) is 2. The van der Waals surface area contributed by atoms with Crippen LogP contribution in [0.15, 0.2) is 41.4 Å². The maximum absolute atomic E-state index is 12.7. The molecule has 0 saturated heterocycles. The minimum absolute atomic E-state index is 0.0000463. The summed E-state index contributed by atoms with van der Waals surface area (Å²) in [5, 5.41) is 25.4. The van der Waals surface area contributed by atoms with E-state index in [4.69, 9.17) is 4.74 Å². The average Bonchev–Trinajstić information content (AvgIpc) is 3.14. The van der Waals surface area contributed by atoms with Crippen molar-refractivity contribution in [2.75, 3.05) is 20.2 Å². The number of nitriles is 1. The van der Waals surface area contributed by atoms with Gasteiger partial charge in [0.05, 0.1) is 30.9 Å². The number of hydrogen-bond acceptors (Lipinski definition) is 6. The molecule has 0 bridgehead atoms. The van der Waals surface area contributed by atoms with Crippen LogP contribution >= 0.6 is 0 Å². The van der Waals surface area contributed by atoms with Crippen molar-refractivity contribution in [1.82, 2.24) is 10.6 Å². The average molecular weight is 336 g/mol. The third-order valence-electron chi connectivity index (χ3n) is 3.81. The molecule has 1 aliphatic heterocycles. The van der Waals surface area contributed by atoms with E-state index in [1.165, 1.54) is 19.2 Å². The number of benzene rings is 2. The molecular formula is C18H16N4O3. The maximum atomic E-state index is 12.7. The van der Waals surface area contributed by atoms with Crippen molar-refractivity contribution in [2.24, 2.45) is 4.99 Å². The molecule has 1 heterocycles. The van der Waals surface area contributed by atoms with Crippen molar-refractivity contribution in [3.63, 3.8) is 0 Å². The molecule has 0 unspecified atom stereocenters. The van der Waals surface area contributed by atoms with Crippen LogP contribution in [-0.4, -0.2) is 37.2 Å². The number of carbonyl (C=O) groups is 1. The zero-order chi connectivity index (χ0) is 17.8. The summed E-state index contributed by atoms with van der Waals surface area (Å²) in [6, 6.07) is 11.9. The largest absolute Gasteiger partial charge is 0.507 e. The van der Waals surface area contributed by atoms with Crippen LogP contribution in [0.1, 0.15) is 15.9 Å². The zero-order valence-corrected chi connectivity index (χ0v) is 13.5. The summed E-state index contributed by atoms with van der Waals surface area (Å²) >= 11 is 0. The van der Waals surface area contributed by atoms with E-state index in [2.05, 4.69) is 21.7 Å². The van der Waals surface area contributed by atoms with Crippen LogP contribution in [0, 0.1) is 11.3 Å². The predicted octanol–water partition coefficient (Wildman–Crippen LogP) is 1.63. The molecule has 0 radical (unpaired) electrons. The van der Waals surface area contributed by atoms with Crippen LogP contribution in [0.4, 0.5) is 0 Å². The summed E-state index contributed by atoms with van der Waals surface area (Å²) in [7, 11) is 1.50. The highest BCUT2D eigenvalue weighted by molar-refractivity contribution is 6.12. The zero-order valence-electron chi connectivity index (χ0n) is 13.5. The number of guanidine groups is 1. The fourth-order valence-electron chi connectivity index (χ4n) is 2.70. The van der Waals surface area contributed by atoms with Gasteiger partial charge in [-0.25, -0.2) is 0 Å². The van der Waals surface area contributed by atoms with Crippen molar-refractivity contribution in [3.05, 3.63) is 47.5 Å². The lowest BCUT2D eigenvalue weighted by Gasteiger charge is -2.16. The van der Waals surface area contributed by atoms with Gasteiger partial charge in [-0.05, 0) is 18.2 Å². The second-order valence-electron chi connectivity index (χ2n) is 5.31. The first-order chi connectivity index (χ1) is 12.2. The van der Waals surface area contributed by atoms with Gasteiger partial charge in [-0.3, -0.25) is 15.1 Å². The Labute approximate surface area is 144 Å². The van der Waals surface area contributed by atoms with Crippen LogP contribution in [0.25, 0.3) is 11.1 Å². The fourth-order valence-corrected chi connectivity index (χ4v) is 2.70. The number of methoxy groups -OCH3 is 1. The van der Waals surface area contributed by atoms with Crippen LogP contribution in [-0.2, 0) is 0 Å². The van der Waals surface area contributed by atoms with Gasteiger partial charge >= 0.3 is 0 Å². The summed E-state index contributed by atoms with van der Waals surface area (Å²) in [6.45, 7) is 1.21. The van der Waals surface area contributed by atoms with E-state index < -0.39 is 5.91 Å². The lowest BCUT2D eigenvalue weighted by Crippen LogP contribution is -2.38. The molecule has 3 rings (SSSR count). The van der Waals surface area contributed by atoms with Crippen LogP contribution in [0.3, 0.4) is 0 Å². The van der Waals surface area contributed by atoms with Crippen molar-refractivity contribution in [1.29, 1.82) is 5.26 Å². The first-order valence-electron chi connectivity index (χ1n) is 7.65. The van der Waals surface area contributed by atoms with Gasteiger partial charge < -0.3 is 15.2 Å². The predicted molar refractivity (Wildman–Crippen MR) is 92.6 cm³/mol. The van der Waals surface area contributed by atoms with Crippen molar-refractivity contribution >= 4 is 11.9 Å². The first kappa shape index (κ1) is 16.3. The highest BCUT2D eigenvalue weighted by Crippen LogP contribution is 2.38. The summed E-state index contributed by atoms with van der Waals surface area (Å²) in [5.41, 5.74) is 1.12. The molecule has 25 heavy (non-hydrogen) atoms. The number of amides is 1. The van der Waals surface area contributed by atoms with E-state index in [0.717, 1.165) is 0 Å². The Morgan fingerprint density at radius 1 is 1.36 bits per heavy atom. The van der Waals surface area contributed by atoms with Gasteiger partial charge in [-0.1, -0.05) is 18.2 Å². The molecule has 0 spiro atoms. The molecule has 0 saturated carbocycles. The Balaban J connectivity index is 2.17. The van der Waals surface area contributed by atoms with Crippen LogP contribution in [0.2, 0.25) is 0 Å². The molecule has 2 aromatic carbocycles. The molecule has 0 aromatic heterocycles. The molecule has 0 aliphatic carbocycles. The van der Waals surface area contributed by atoms with E-state index >= 15 is 0 Å². The van der Waals surface area contributed by atoms with E-state index in [-0.39, 0.29) is 16.9 Å². The fraction of sp³-hybridized carbons (Fsp3) is 0.167. The highest BCUT2D eigenvalue weighted by atomic mass is 16.5. The van der Waals surface area contributed by atoms with Gasteiger partial charge in [0.1, 0.15) is 11.5 Å². The number of phenols is 1. The lowest BCUT2D eigenvalue weighted by atomic mass is 9.93. The number of nitrogens with one attached hydrogen (secondary N) is 2. The molecule has 1 amide bonds. The molecular weight excluding hydrogens is 320 g/mol. The molecule has 126 valence electrons. The normalized spacial score (nSPS) is 12.7. The molecule has 7 heteroatoms. The number of aliphatic imine (C=N–C) groups is 1. The SMILES string of the molecule is COc1ccccc1-c1c(C#N)ccc(O)c1C(=O)NC1=NCCN1. The molecule has 0 fully saturated rings. The van der Waals surface area contributed by atoms with Gasteiger partial charge in [0.15, 0.2) is 5.96 Å². The monoisotopic (exact) mass is 336 g/mol. The highest BCUT2D eigenvalue weighted by Gasteiger charge is 2.24. The van der Waals surface area contributed by atoms with Crippen molar-refractivity contribution < 1.29 is 14.6 Å². The minimum atomic E-state index is -0.552. The van der Waals surface area contributed by atoms with Gasteiger partial charge in [0.2, 0.25) is 0 Å². The second-order valence-corrected chi connectivity index (χ2v) is 5.31. The van der Waals surface area contributed by atoms with Crippen LogP contribution < -0.4 is 15.4 Å². The number of carbonyl (C=O) groups excluding carboxylic acids is 1. The Morgan fingerprint density at radius 2 is 2.16 bits per heavy atom. The van der Waals surface area contributed by atoms with Gasteiger partial charge in [-0.15, -0.1) is 0 Å². The molecule has 3 N–H and O–H groups in total. The topological polar surface area (TPSA) is 107 Å². The van der Waals surface area contributed by atoms with E-state index in [9.17, 15) is 15.2 Å². The number of ether oxygens (including phenoxy) is 1. The quantitative estimate of drug-likeness (QED) is 0.790. The van der Waals surface area contributed by atoms with Crippen molar-refractivity contribution in [3.8, 4) is 28.7 Å². The third kappa shape index (κ3) is 3.10. The number of hydrogen-bond donors (Lipinski definition) is 3. The number of para-hydroxylation sites is 1. The Kier molecular flexibility index (Phi) is 4.53. The van der Waals surface area contributed by atoms with Crippen LogP contribution in [0.5, 0.6) is 11.5 Å². The van der Waals surface area contributed by atoms with E-state index in [0.29, 0.717) is 35.9 Å². The lowest BCUT2D eigenvalue weighted by molar-refractivity contribution is 0.0974. The molecule has 7 nitrogen and oxygen atoms in total. The van der Waals surface area contributed by atoms with E-state index in [1.54, 1.807) is 24.3 Å². The molecule has 2 aromatic rings. The summed E-state index contributed by atoms with van der Waals surface area (Å²) in [6.07, 6.45) is 0. The Bertz CT molecular complexity index is 900. The molecule has 1 aliphatic rings. The Morgan fingerprint density at radius 3 is 2.84 bits per heavy atom. The Hall–Kier alpha value is -3.53.